The van der Waals surface area contributed by atoms with Crippen molar-refractivity contribution >= 4 is 11.8 Å². The lowest BCUT2D eigenvalue weighted by Gasteiger charge is -2.20. The van der Waals surface area contributed by atoms with Gasteiger partial charge in [-0.3, -0.25) is 9.59 Å². The summed E-state index contributed by atoms with van der Waals surface area (Å²) in [5.74, 6) is -1.45. The number of rotatable bonds is 3. The fourth-order valence-electron chi connectivity index (χ4n) is 2.03. The predicted octanol–water partition coefficient (Wildman–Crippen LogP) is 1.36. The van der Waals surface area contributed by atoms with Crippen LogP contribution < -0.4 is 0 Å². The van der Waals surface area contributed by atoms with E-state index in [1.807, 2.05) is 6.07 Å². The van der Waals surface area contributed by atoms with E-state index in [0.717, 1.165) is 0 Å². The molecule has 0 aromatic heterocycles. The van der Waals surface area contributed by atoms with E-state index in [1.54, 1.807) is 6.92 Å². The average Bonchev–Trinajstić information content (AvgIpc) is 2.43. The van der Waals surface area contributed by atoms with Crippen LogP contribution in [0.1, 0.15) is 32.6 Å². The Kier molecular flexibility index (Phi) is 2.90. The number of Topliss-reactive ketones (excluding diaryl/α,β-unsaturated/α-hetero) is 1. The summed E-state index contributed by atoms with van der Waals surface area (Å²) in [6, 6.07) is 1.89. The number of carboxylic acids is 1. The number of carbonyl (C=O) groups excluding carboxylic acids is 1. The summed E-state index contributed by atoms with van der Waals surface area (Å²) < 4.78 is 0. The first kappa shape index (κ1) is 10.7. The number of carbonyl (C=O) groups is 2. The first-order chi connectivity index (χ1) is 6.54. The Morgan fingerprint density at radius 3 is 2.79 bits per heavy atom. The van der Waals surface area contributed by atoms with E-state index in [2.05, 4.69) is 0 Å². The van der Waals surface area contributed by atoms with Gasteiger partial charge in [0.05, 0.1) is 6.07 Å². The molecule has 0 unspecified atom stereocenters. The van der Waals surface area contributed by atoms with Crippen LogP contribution in [0, 0.1) is 22.7 Å². The molecule has 0 bridgehead atoms. The molecular weight excluding hydrogens is 182 g/mol. The highest BCUT2D eigenvalue weighted by Crippen LogP contribution is 2.42. The molecule has 1 rings (SSSR count). The fraction of sp³-hybridized carbons (Fsp3) is 0.700. The predicted molar refractivity (Wildman–Crippen MR) is 48.3 cm³/mol. The van der Waals surface area contributed by atoms with Gasteiger partial charge < -0.3 is 5.11 Å². The van der Waals surface area contributed by atoms with Crippen LogP contribution in [0.25, 0.3) is 0 Å². The number of aliphatic carboxylic acids is 1. The van der Waals surface area contributed by atoms with E-state index in [0.29, 0.717) is 12.8 Å². The van der Waals surface area contributed by atoms with Gasteiger partial charge in [0, 0.05) is 12.3 Å². The number of carboxylic acid groups (broad SMARTS) is 1. The molecule has 4 heteroatoms. The van der Waals surface area contributed by atoms with Gasteiger partial charge in [-0.2, -0.15) is 5.26 Å². The van der Waals surface area contributed by atoms with Crippen molar-refractivity contribution in [1.29, 1.82) is 5.26 Å². The van der Waals surface area contributed by atoms with Gasteiger partial charge in [-0.25, -0.2) is 0 Å². The lowest BCUT2D eigenvalue weighted by Crippen LogP contribution is -2.36. The molecule has 76 valence electrons. The van der Waals surface area contributed by atoms with Gasteiger partial charge in [-0.15, -0.1) is 0 Å². The molecule has 4 nitrogen and oxygen atoms in total. The van der Waals surface area contributed by atoms with E-state index in [9.17, 15) is 9.59 Å². The number of nitrogens with zero attached hydrogens (tertiary/aromatic N) is 1. The van der Waals surface area contributed by atoms with Crippen molar-refractivity contribution in [3.8, 4) is 6.07 Å². The highest BCUT2D eigenvalue weighted by atomic mass is 16.4. The largest absolute Gasteiger partial charge is 0.480 e. The van der Waals surface area contributed by atoms with Crippen LogP contribution in [-0.4, -0.2) is 16.9 Å². The summed E-state index contributed by atoms with van der Waals surface area (Å²) >= 11 is 0. The molecule has 0 radical (unpaired) electrons. The van der Waals surface area contributed by atoms with Crippen LogP contribution in [0.2, 0.25) is 0 Å². The first-order valence-electron chi connectivity index (χ1n) is 4.69. The zero-order chi connectivity index (χ0) is 10.8. The maximum atomic E-state index is 11.7. The molecule has 0 saturated heterocycles. The van der Waals surface area contributed by atoms with Crippen molar-refractivity contribution in [2.45, 2.75) is 32.6 Å². The van der Waals surface area contributed by atoms with Gasteiger partial charge in [0.15, 0.2) is 5.78 Å². The Morgan fingerprint density at radius 2 is 2.43 bits per heavy atom. The molecule has 2 atom stereocenters. The zero-order valence-electron chi connectivity index (χ0n) is 8.12. The maximum absolute atomic E-state index is 11.7. The molecule has 1 aliphatic rings. The van der Waals surface area contributed by atoms with Gasteiger partial charge in [-0.1, -0.05) is 6.92 Å². The Balaban J connectivity index is 2.89. The molecule has 0 spiro atoms. The highest BCUT2D eigenvalue weighted by molar-refractivity contribution is 6.05. The Hall–Kier alpha value is -1.37. The molecule has 1 saturated carbocycles. The van der Waals surface area contributed by atoms with Crippen LogP contribution in [0.4, 0.5) is 0 Å². The molecule has 0 aromatic carbocycles. The minimum absolute atomic E-state index is 0.130. The van der Waals surface area contributed by atoms with Gasteiger partial charge >= 0.3 is 5.97 Å². The Bertz CT molecular complexity index is 305. The summed E-state index contributed by atoms with van der Waals surface area (Å²) in [6.45, 7) is 1.75. The van der Waals surface area contributed by atoms with Gasteiger partial charge in [0.2, 0.25) is 0 Å². The summed E-state index contributed by atoms with van der Waals surface area (Å²) in [4.78, 5) is 22.7. The molecular formula is C10H13NO3. The Labute approximate surface area is 82.5 Å². The second-order valence-corrected chi connectivity index (χ2v) is 3.85. The summed E-state index contributed by atoms with van der Waals surface area (Å²) in [5, 5.41) is 17.5. The summed E-state index contributed by atoms with van der Waals surface area (Å²) in [7, 11) is 0. The van der Waals surface area contributed by atoms with Crippen molar-refractivity contribution in [1.82, 2.24) is 0 Å². The molecule has 0 amide bonds. The quantitative estimate of drug-likeness (QED) is 0.689. The highest BCUT2D eigenvalue weighted by Gasteiger charge is 2.51. The lowest BCUT2D eigenvalue weighted by atomic mass is 9.80. The number of hydrogen-bond acceptors (Lipinski definition) is 3. The van der Waals surface area contributed by atoms with Gasteiger partial charge in [0.1, 0.15) is 5.41 Å². The van der Waals surface area contributed by atoms with Crippen molar-refractivity contribution in [2.24, 2.45) is 11.3 Å². The molecule has 0 heterocycles. The second kappa shape index (κ2) is 3.79. The topological polar surface area (TPSA) is 78.2 Å². The second-order valence-electron chi connectivity index (χ2n) is 3.85. The van der Waals surface area contributed by atoms with Crippen LogP contribution in [0.5, 0.6) is 0 Å². The summed E-state index contributed by atoms with van der Waals surface area (Å²) in [5.41, 5.74) is -1.27. The number of ketones is 1. The van der Waals surface area contributed by atoms with E-state index in [-0.39, 0.29) is 24.5 Å². The smallest absolute Gasteiger partial charge is 0.317 e. The third-order valence-corrected chi connectivity index (χ3v) is 3.00. The van der Waals surface area contributed by atoms with Crippen molar-refractivity contribution in [2.75, 3.05) is 0 Å². The van der Waals surface area contributed by atoms with Gasteiger partial charge in [-0.05, 0) is 19.3 Å². The van der Waals surface area contributed by atoms with E-state index in [4.69, 9.17) is 10.4 Å². The number of hydrogen-bond donors (Lipinski definition) is 1. The molecule has 14 heavy (non-hydrogen) atoms. The first-order valence-corrected chi connectivity index (χ1v) is 4.69. The fourth-order valence-corrected chi connectivity index (χ4v) is 2.03. The average molecular weight is 195 g/mol. The minimum Gasteiger partial charge on any atom is -0.480 e. The molecule has 1 fully saturated rings. The van der Waals surface area contributed by atoms with Crippen LogP contribution in [-0.2, 0) is 9.59 Å². The Morgan fingerprint density at radius 1 is 1.79 bits per heavy atom. The standard InChI is InChI=1S/C10H13NO3/c1-7-3-5-10(8(7)12,9(13)14)4-2-6-11/h7H,2-5H2,1H3,(H,13,14)/t7-,10+/m1/s1. The third kappa shape index (κ3) is 1.50. The summed E-state index contributed by atoms with van der Waals surface area (Å²) in [6.07, 6.45) is 1.29. The molecule has 1 aliphatic carbocycles. The maximum Gasteiger partial charge on any atom is 0.317 e. The van der Waals surface area contributed by atoms with Crippen molar-refractivity contribution in [3.63, 3.8) is 0 Å². The molecule has 0 aromatic rings. The normalized spacial score (nSPS) is 31.4. The SMILES string of the molecule is C[C@@H]1CC[C@](CCC#N)(C(=O)O)C1=O. The lowest BCUT2D eigenvalue weighted by molar-refractivity contribution is -0.154. The molecule has 0 aliphatic heterocycles. The van der Waals surface area contributed by atoms with E-state index < -0.39 is 11.4 Å². The zero-order valence-corrected chi connectivity index (χ0v) is 8.12. The third-order valence-electron chi connectivity index (χ3n) is 3.00. The van der Waals surface area contributed by atoms with Crippen molar-refractivity contribution in [3.05, 3.63) is 0 Å². The van der Waals surface area contributed by atoms with Gasteiger partial charge in [0.25, 0.3) is 0 Å². The van der Waals surface area contributed by atoms with Crippen LogP contribution in [0.15, 0.2) is 0 Å². The monoisotopic (exact) mass is 195 g/mol. The molecule has 1 N–H and O–H groups in total. The minimum atomic E-state index is -1.27. The number of nitriles is 1. The van der Waals surface area contributed by atoms with E-state index in [1.165, 1.54) is 0 Å². The van der Waals surface area contributed by atoms with Crippen molar-refractivity contribution < 1.29 is 14.7 Å². The van der Waals surface area contributed by atoms with Crippen LogP contribution >= 0.6 is 0 Å². The van der Waals surface area contributed by atoms with Crippen LogP contribution in [0.3, 0.4) is 0 Å². The van der Waals surface area contributed by atoms with E-state index >= 15 is 0 Å².